The van der Waals surface area contributed by atoms with Crippen LogP contribution in [0.5, 0.6) is 0 Å². The van der Waals surface area contributed by atoms with Crippen molar-refractivity contribution in [2.45, 2.75) is 47.7 Å². The molecule has 0 aliphatic heterocycles. The highest BCUT2D eigenvalue weighted by Gasteiger charge is 2.12. The van der Waals surface area contributed by atoms with E-state index < -0.39 is 0 Å². The first-order valence-corrected chi connectivity index (χ1v) is 6.01. The molecule has 0 saturated carbocycles. The first-order valence-electron chi connectivity index (χ1n) is 6.01. The molecule has 17 heavy (non-hydrogen) atoms. The van der Waals surface area contributed by atoms with Crippen LogP contribution in [-0.2, 0) is 13.1 Å². The van der Waals surface area contributed by atoms with Gasteiger partial charge in [-0.1, -0.05) is 27.7 Å². The van der Waals surface area contributed by atoms with Gasteiger partial charge in [-0.05, 0) is 18.8 Å². The minimum atomic E-state index is -0.303. The van der Waals surface area contributed by atoms with Crippen LogP contribution in [0.4, 0.5) is 0 Å². The number of hydrogen-bond donors (Lipinski definition) is 0. The van der Waals surface area contributed by atoms with Gasteiger partial charge < -0.3 is 0 Å². The maximum absolute atomic E-state index is 12.1. The van der Waals surface area contributed by atoms with Crippen LogP contribution in [0.25, 0.3) is 0 Å². The molecule has 1 rings (SSSR count). The van der Waals surface area contributed by atoms with Crippen molar-refractivity contribution in [3.8, 4) is 0 Å². The van der Waals surface area contributed by atoms with Crippen molar-refractivity contribution in [3.63, 3.8) is 0 Å². The lowest BCUT2D eigenvalue weighted by Crippen LogP contribution is -2.44. The normalized spacial score (nSPS) is 11.5. The molecule has 0 fully saturated rings. The first kappa shape index (κ1) is 13.7. The second kappa shape index (κ2) is 5.29. The molecular formula is C12H21N3O2. The highest BCUT2D eigenvalue weighted by molar-refractivity contribution is 4.91. The predicted molar refractivity (Wildman–Crippen MR) is 67.2 cm³/mol. The predicted octanol–water partition coefficient (Wildman–Crippen LogP) is 1.03. The largest absolute Gasteiger partial charge is 0.347 e. The molecule has 0 aliphatic rings. The van der Waals surface area contributed by atoms with E-state index in [0.29, 0.717) is 24.7 Å². The topological polar surface area (TPSA) is 56.9 Å². The lowest BCUT2D eigenvalue weighted by molar-refractivity contribution is 0.400. The Balaban J connectivity index is 3.33. The highest BCUT2D eigenvalue weighted by atomic mass is 16.2. The van der Waals surface area contributed by atoms with Gasteiger partial charge in [-0.25, -0.2) is 9.48 Å². The standard InChI is InChI=1S/C12H21N3O2/c1-8(2)6-14-11(16)10(5)13-15(12(14)17)7-9(3)4/h8-9H,6-7H2,1-5H3. The molecular weight excluding hydrogens is 218 g/mol. The van der Waals surface area contributed by atoms with E-state index >= 15 is 0 Å². The SMILES string of the molecule is Cc1nn(CC(C)C)c(=O)n(CC(C)C)c1=O. The van der Waals surface area contributed by atoms with Gasteiger partial charge >= 0.3 is 5.69 Å². The smallest absolute Gasteiger partial charge is 0.267 e. The van der Waals surface area contributed by atoms with E-state index in [2.05, 4.69) is 5.10 Å². The van der Waals surface area contributed by atoms with Crippen LogP contribution in [0.2, 0.25) is 0 Å². The Labute approximate surface area is 101 Å². The van der Waals surface area contributed by atoms with Crippen LogP contribution in [-0.4, -0.2) is 14.3 Å². The molecule has 0 amide bonds. The number of nitrogens with zero attached hydrogens (tertiary/aromatic N) is 3. The summed E-state index contributed by atoms with van der Waals surface area (Å²) in [6.07, 6.45) is 0. The average Bonchev–Trinajstić information content (AvgIpc) is 2.20. The van der Waals surface area contributed by atoms with Crippen LogP contribution >= 0.6 is 0 Å². The summed E-state index contributed by atoms with van der Waals surface area (Å²) in [5.41, 5.74) is -0.197. The second-order valence-electron chi connectivity index (χ2n) is 5.25. The Morgan fingerprint density at radius 2 is 1.59 bits per heavy atom. The molecule has 1 aromatic rings. The summed E-state index contributed by atoms with van der Waals surface area (Å²) < 4.78 is 2.68. The van der Waals surface area contributed by atoms with Crippen LogP contribution in [0.15, 0.2) is 9.59 Å². The van der Waals surface area contributed by atoms with Gasteiger partial charge in [0.2, 0.25) is 0 Å². The molecule has 96 valence electrons. The molecule has 0 aliphatic carbocycles. The van der Waals surface area contributed by atoms with Crippen molar-refractivity contribution in [1.82, 2.24) is 14.3 Å². The fourth-order valence-corrected chi connectivity index (χ4v) is 1.68. The number of aryl methyl sites for hydroxylation is 1. The molecule has 0 spiro atoms. The van der Waals surface area contributed by atoms with E-state index in [1.807, 2.05) is 27.7 Å². The van der Waals surface area contributed by atoms with Gasteiger partial charge in [-0.3, -0.25) is 9.36 Å². The molecule has 0 saturated heterocycles. The van der Waals surface area contributed by atoms with Crippen LogP contribution in [0.3, 0.4) is 0 Å². The van der Waals surface area contributed by atoms with Gasteiger partial charge in [0, 0.05) is 13.1 Å². The fourth-order valence-electron chi connectivity index (χ4n) is 1.68. The van der Waals surface area contributed by atoms with Crippen LogP contribution in [0.1, 0.15) is 33.4 Å². The molecule has 0 N–H and O–H groups in total. The molecule has 1 aromatic heterocycles. The average molecular weight is 239 g/mol. The van der Waals surface area contributed by atoms with E-state index in [-0.39, 0.29) is 17.2 Å². The minimum Gasteiger partial charge on any atom is -0.267 e. The van der Waals surface area contributed by atoms with Gasteiger partial charge in [-0.15, -0.1) is 0 Å². The van der Waals surface area contributed by atoms with Crippen LogP contribution < -0.4 is 11.2 Å². The zero-order valence-electron chi connectivity index (χ0n) is 11.2. The zero-order chi connectivity index (χ0) is 13.2. The third kappa shape index (κ3) is 3.28. The number of hydrogen-bond acceptors (Lipinski definition) is 3. The zero-order valence-corrected chi connectivity index (χ0v) is 11.2. The third-order valence-electron chi connectivity index (χ3n) is 2.36. The van der Waals surface area contributed by atoms with Crippen molar-refractivity contribution in [3.05, 3.63) is 26.5 Å². The fraction of sp³-hybridized carbons (Fsp3) is 0.750. The number of rotatable bonds is 4. The van der Waals surface area contributed by atoms with Gasteiger partial charge in [0.25, 0.3) is 5.56 Å². The van der Waals surface area contributed by atoms with Crippen molar-refractivity contribution in [1.29, 1.82) is 0 Å². The molecule has 5 nitrogen and oxygen atoms in total. The molecule has 1 heterocycles. The highest BCUT2D eigenvalue weighted by Crippen LogP contribution is 1.96. The van der Waals surface area contributed by atoms with E-state index in [9.17, 15) is 9.59 Å². The molecule has 0 unspecified atom stereocenters. The molecule has 0 aromatic carbocycles. The van der Waals surface area contributed by atoms with E-state index in [0.717, 1.165) is 0 Å². The summed E-state index contributed by atoms with van der Waals surface area (Å²) in [7, 11) is 0. The Hall–Kier alpha value is -1.39. The first-order chi connectivity index (χ1) is 7.82. The summed E-state index contributed by atoms with van der Waals surface area (Å²) in [4.78, 5) is 23.9. The minimum absolute atomic E-state index is 0.259. The van der Waals surface area contributed by atoms with E-state index in [4.69, 9.17) is 0 Å². The van der Waals surface area contributed by atoms with Crippen molar-refractivity contribution < 1.29 is 0 Å². The van der Waals surface area contributed by atoms with Gasteiger partial charge in [-0.2, -0.15) is 5.10 Å². The summed E-state index contributed by atoms with van der Waals surface area (Å²) in [5.74, 6) is 0.583. The Bertz CT molecular complexity index is 497. The summed E-state index contributed by atoms with van der Waals surface area (Å²) in [6, 6.07) is 0. The van der Waals surface area contributed by atoms with E-state index in [1.165, 1.54) is 9.25 Å². The quantitative estimate of drug-likeness (QED) is 0.788. The van der Waals surface area contributed by atoms with Crippen LogP contribution in [0, 0.1) is 18.8 Å². The Kier molecular flexibility index (Phi) is 4.26. The summed E-state index contributed by atoms with van der Waals surface area (Å²) >= 11 is 0. The maximum atomic E-state index is 12.1. The van der Waals surface area contributed by atoms with Gasteiger partial charge in [0.15, 0.2) is 0 Å². The van der Waals surface area contributed by atoms with Crippen molar-refractivity contribution in [2.24, 2.45) is 11.8 Å². The Morgan fingerprint density at radius 1 is 1.06 bits per heavy atom. The van der Waals surface area contributed by atoms with Gasteiger partial charge in [0.1, 0.15) is 5.69 Å². The lowest BCUT2D eigenvalue weighted by Gasteiger charge is -2.13. The maximum Gasteiger partial charge on any atom is 0.347 e. The van der Waals surface area contributed by atoms with E-state index in [1.54, 1.807) is 6.92 Å². The molecule has 5 heteroatoms. The second-order valence-corrected chi connectivity index (χ2v) is 5.25. The molecule has 0 atom stereocenters. The third-order valence-corrected chi connectivity index (χ3v) is 2.36. The number of aromatic nitrogens is 3. The monoisotopic (exact) mass is 239 g/mol. The lowest BCUT2D eigenvalue weighted by atomic mass is 10.2. The van der Waals surface area contributed by atoms with Gasteiger partial charge in [0.05, 0.1) is 0 Å². The Morgan fingerprint density at radius 3 is 2.06 bits per heavy atom. The van der Waals surface area contributed by atoms with Crippen molar-refractivity contribution in [2.75, 3.05) is 0 Å². The molecule has 0 radical (unpaired) electrons. The summed E-state index contributed by atoms with van der Waals surface area (Å²) in [5, 5.41) is 4.05. The molecule has 0 bridgehead atoms. The summed E-state index contributed by atoms with van der Waals surface area (Å²) in [6.45, 7) is 10.6. The van der Waals surface area contributed by atoms with Crippen molar-refractivity contribution >= 4 is 0 Å².